The first kappa shape index (κ1) is 15.5. The van der Waals surface area contributed by atoms with Gasteiger partial charge in [0.1, 0.15) is 11.5 Å². The number of alkyl halides is 3. The van der Waals surface area contributed by atoms with Crippen LogP contribution in [0.25, 0.3) is 0 Å². The first-order chi connectivity index (χ1) is 9.88. The van der Waals surface area contributed by atoms with Gasteiger partial charge in [0.05, 0.1) is 18.3 Å². The normalized spacial score (nSPS) is 19.3. The average molecular weight is 304 g/mol. The van der Waals surface area contributed by atoms with Crippen molar-refractivity contribution in [2.75, 3.05) is 31.6 Å². The zero-order valence-corrected chi connectivity index (χ0v) is 11.0. The van der Waals surface area contributed by atoms with Gasteiger partial charge in [-0.05, 0) is 12.1 Å². The number of nitrogens with zero attached hydrogens (tertiary/aromatic N) is 1. The molecule has 2 rings (SSSR count). The van der Waals surface area contributed by atoms with Crippen molar-refractivity contribution in [3.8, 4) is 0 Å². The number of halogens is 3. The maximum atomic E-state index is 12.7. The smallest absolute Gasteiger partial charge is 0.374 e. The number of nitrogens with one attached hydrogen (secondary N) is 2. The van der Waals surface area contributed by atoms with E-state index in [9.17, 15) is 18.0 Å². The summed E-state index contributed by atoms with van der Waals surface area (Å²) in [5.74, 6) is -1.03. The number of morpholine rings is 1. The van der Waals surface area contributed by atoms with Gasteiger partial charge in [0.15, 0.2) is 0 Å². The number of ether oxygens (including phenoxy) is 1. The van der Waals surface area contributed by atoms with E-state index in [4.69, 9.17) is 10.5 Å². The van der Waals surface area contributed by atoms with E-state index in [0.29, 0.717) is 13.2 Å². The molecule has 1 amide bonds. The minimum Gasteiger partial charge on any atom is -0.374 e. The van der Waals surface area contributed by atoms with Crippen LogP contribution in [-0.4, -0.2) is 43.2 Å². The van der Waals surface area contributed by atoms with Gasteiger partial charge in [0, 0.05) is 19.6 Å². The quantitative estimate of drug-likeness (QED) is 0.758. The fourth-order valence-corrected chi connectivity index (χ4v) is 1.91. The Kier molecular flexibility index (Phi) is 4.63. The van der Waals surface area contributed by atoms with E-state index in [-0.39, 0.29) is 24.0 Å². The Labute approximate surface area is 118 Å². The van der Waals surface area contributed by atoms with Gasteiger partial charge in [-0.2, -0.15) is 13.2 Å². The lowest BCUT2D eigenvalue weighted by Gasteiger charge is -2.24. The second kappa shape index (κ2) is 6.27. The molecule has 0 spiro atoms. The maximum absolute atomic E-state index is 12.7. The highest BCUT2D eigenvalue weighted by Crippen LogP contribution is 2.29. The summed E-state index contributed by atoms with van der Waals surface area (Å²) in [7, 11) is 0. The third-order valence-electron chi connectivity index (χ3n) is 2.95. The molecule has 0 saturated carbocycles. The fourth-order valence-electron chi connectivity index (χ4n) is 1.91. The molecule has 1 fully saturated rings. The Bertz CT molecular complexity index is 516. The van der Waals surface area contributed by atoms with Crippen LogP contribution in [0.15, 0.2) is 12.1 Å². The summed E-state index contributed by atoms with van der Waals surface area (Å²) >= 11 is 0. The van der Waals surface area contributed by atoms with Gasteiger partial charge in [0.25, 0.3) is 5.91 Å². The molecular formula is C12H15F3N4O2. The van der Waals surface area contributed by atoms with E-state index in [0.717, 1.165) is 18.7 Å². The van der Waals surface area contributed by atoms with Gasteiger partial charge in [-0.25, -0.2) is 4.98 Å². The van der Waals surface area contributed by atoms with Gasteiger partial charge in [-0.15, -0.1) is 0 Å². The van der Waals surface area contributed by atoms with E-state index in [1.54, 1.807) is 0 Å². The van der Waals surface area contributed by atoms with Crippen molar-refractivity contribution in [1.29, 1.82) is 0 Å². The first-order valence-electron chi connectivity index (χ1n) is 6.32. The first-order valence-corrected chi connectivity index (χ1v) is 6.32. The molecule has 6 nitrogen and oxygen atoms in total. The summed E-state index contributed by atoms with van der Waals surface area (Å²) in [6.45, 7) is 2.04. The Hall–Kier alpha value is -1.87. The van der Waals surface area contributed by atoms with Crippen LogP contribution in [0.2, 0.25) is 0 Å². The molecule has 1 aliphatic heterocycles. The zero-order chi connectivity index (χ0) is 15.5. The maximum Gasteiger partial charge on any atom is 0.433 e. The third kappa shape index (κ3) is 4.05. The molecule has 0 aromatic carbocycles. The minimum atomic E-state index is -4.59. The van der Waals surface area contributed by atoms with Crippen molar-refractivity contribution in [3.63, 3.8) is 0 Å². The number of nitrogens with two attached hydrogens (primary N) is 1. The van der Waals surface area contributed by atoms with Crippen LogP contribution in [0.4, 0.5) is 19.0 Å². The molecule has 1 atom stereocenters. The SMILES string of the molecule is NC(=O)c1ccc(C(F)(F)F)nc1NCC1CNCCO1. The molecule has 21 heavy (non-hydrogen) atoms. The highest BCUT2D eigenvalue weighted by molar-refractivity contribution is 5.97. The number of carbonyl (C=O) groups is 1. The molecule has 0 bridgehead atoms. The Morgan fingerprint density at radius 3 is 2.86 bits per heavy atom. The van der Waals surface area contributed by atoms with Crippen molar-refractivity contribution in [2.24, 2.45) is 5.73 Å². The van der Waals surface area contributed by atoms with Crippen LogP contribution >= 0.6 is 0 Å². The Morgan fingerprint density at radius 2 is 2.29 bits per heavy atom. The summed E-state index contributed by atoms with van der Waals surface area (Å²) in [4.78, 5) is 14.7. The van der Waals surface area contributed by atoms with Gasteiger partial charge < -0.3 is 21.1 Å². The number of amides is 1. The number of primary amides is 1. The molecule has 1 unspecified atom stereocenters. The number of hydrogen-bond acceptors (Lipinski definition) is 5. The average Bonchev–Trinajstić information content (AvgIpc) is 2.45. The van der Waals surface area contributed by atoms with E-state index >= 15 is 0 Å². The number of pyridine rings is 1. The molecule has 2 heterocycles. The van der Waals surface area contributed by atoms with Crippen LogP contribution in [-0.2, 0) is 10.9 Å². The molecule has 1 saturated heterocycles. The molecule has 116 valence electrons. The Morgan fingerprint density at radius 1 is 1.52 bits per heavy atom. The van der Waals surface area contributed by atoms with Crippen molar-refractivity contribution in [2.45, 2.75) is 12.3 Å². The predicted molar refractivity (Wildman–Crippen MR) is 68.9 cm³/mol. The number of aromatic nitrogens is 1. The van der Waals surface area contributed by atoms with Crippen LogP contribution in [0.3, 0.4) is 0 Å². The molecule has 4 N–H and O–H groups in total. The summed E-state index contributed by atoms with van der Waals surface area (Å²) in [5.41, 5.74) is 3.96. The summed E-state index contributed by atoms with van der Waals surface area (Å²) < 4.78 is 43.4. The van der Waals surface area contributed by atoms with Crippen LogP contribution in [0.1, 0.15) is 16.1 Å². The van der Waals surface area contributed by atoms with Crippen molar-refractivity contribution in [3.05, 3.63) is 23.4 Å². The second-order valence-electron chi connectivity index (χ2n) is 4.53. The summed E-state index contributed by atoms with van der Waals surface area (Å²) in [6.07, 6.45) is -4.80. The summed E-state index contributed by atoms with van der Waals surface area (Å²) in [5, 5.41) is 5.79. The number of anilines is 1. The van der Waals surface area contributed by atoms with Gasteiger partial charge in [0.2, 0.25) is 0 Å². The monoisotopic (exact) mass is 304 g/mol. The van der Waals surface area contributed by atoms with Gasteiger partial charge >= 0.3 is 6.18 Å². The lowest BCUT2D eigenvalue weighted by atomic mass is 10.2. The molecule has 1 aromatic heterocycles. The molecular weight excluding hydrogens is 289 g/mol. The number of hydrogen-bond donors (Lipinski definition) is 3. The number of rotatable bonds is 4. The molecule has 1 aromatic rings. The minimum absolute atomic E-state index is 0.0910. The van der Waals surface area contributed by atoms with Crippen LogP contribution < -0.4 is 16.4 Å². The van der Waals surface area contributed by atoms with E-state index in [1.807, 2.05) is 0 Å². The second-order valence-corrected chi connectivity index (χ2v) is 4.53. The topological polar surface area (TPSA) is 89.3 Å². The van der Waals surface area contributed by atoms with E-state index < -0.39 is 17.8 Å². The molecule has 0 radical (unpaired) electrons. The van der Waals surface area contributed by atoms with E-state index in [1.165, 1.54) is 0 Å². The fraction of sp³-hybridized carbons (Fsp3) is 0.500. The lowest BCUT2D eigenvalue weighted by molar-refractivity contribution is -0.141. The molecule has 1 aliphatic rings. The van der Waals surface area contributed by atoms with Crippen molar-refractivity contribution >= 4 is 11.7 Å². The van der Waals surface area contributed by atoms with Crippen molar-refractivity contribution in [1.82, 2.24) is 10.3 Å². The third-order valence-corrected chi connectivity index (χ3v) is 2.95. The highest BCUT2D eigenvalue weighted by Gasteiger charge is 2.33. The van der Waals surface area contributed by atoms with E-state index in [2.05, 4.69) is 15.6 Å². The number of carbonyl (C=O) groups excluding carboxylic acids is 1. The molecule has 0 aliphatic carbocycles. The predicted octanol–water partition coefficient (Wildman–Crippen LogP) is 0.600. The van der Waals surface area contributed by atoms with Gasteiger partial charge in [-0.3, -0.25) is 4.79 Å². The lowest BCUT2D eigenvalue weighted by Crippen LogP contribution is -2.42. The standard InChI is InChI=1S/C12H15F3N4O2/c13-12(14,15)9-2-1-8(10(16)20)11(19-9)18-6-7-5-17-3-4-21-7/h1-2,7,17H,3-6H2,(H2,16,20)(H,18,19). The summed E-state index contributed by atoms with van der Waals surface area (Å²) in [6, 6.07) is 1.74. The van der Waals surface area contributed by atoms with Crippen LogP contribution in [0, 0.1) is 0 Å². The highest BCUT2D eigenvalue weighted by atomic mass is 19.4. The van der Waals surface area contributed by atoms with Crippen LogP contribution in [0.5, 0.6) is 0 Å². The van der Waals surface area contributed by atoms with Gasteiger partial charge in [-0.1, -0.05) is 0 Å². The van der Waals surface area contributed by atoms with Crippen molar-refractivity contribution < 1.29 is 22.7 Å². The Balaban J connectivity index is 2.16. The largest absolute Gasteiger partial charge is 0.433 e. The molecule has 9 heteroatoms. The zero-order valence-electron chi connectivity index (χ0n) is 11.0.